The minimum Gasteiger partial charge on any atom is -0.265 e. The molecule has 0 aliphatic heterocycles. The normalized spacial score (nSPS) is 9.50. The van der Waals surface area contributed by atoms with Gasteiger partial charge in [-0.1, -0.05) is 0 Å². The van der Waals surface area contributed by atoms with Gasteiger partial charge in [0.25, 0.3) is 0 Å². The fourth-order valence-corrected chi connectivity index (χ4v) is 1.09. The van der Waals surface area contributed by atoms with Gasteiger partial charge >= 0.3 is 0 Å². The Morgan fingerprint density at radius 2 is 2.21 bits per heavy atom. The number of hydrogen-bond donors (Lipinski definition) is 0. The zero-order valence-corrected chi connectivity index (χ0v) is 9.67. The summed E-state index contributed by atoms with van der Waals surface area (Å²) in [5.74, 6) is 0. The summed E-state index contributed by atoms with van der Waals surface area (Å²) in [6.07, 6.45) is 1.72. The molecule has 0 saturated heterocycles. The molecule has 0 saturated carbocycles. The smallest absolute Gasteiger partial charge is 0.133 e. The number of alkyl halides is 1. The van der Waals surface area contributed by atoms with Gasteiger partial charge in [0, 0.05) is 26.3 Å². The summed E-state index contributed by atoms with van der Waals surface area (Å²) >= 11 is 0. The SMILES string of the molecule is FCc1ccn(-c2[c-]cccc2)n1.[Ir]. The molecule has 1 radical (unpaired) electrons. The second-order valence-corrected chi connectivity index (χ2v) is 2.63. The fourth-order valence-electron chi connectivity index (χ4n) is 1.09. The molecule has 0 bridgehead atoms. The zero-order valence-electron chi connectivity index (χ0n) is 7.28. The van der Waals surface area contributed by atoms with Gasteiger partial charge in [-0.05, 0) is 11.8 Å². The molecule has 2 aromatic rings. The maximum Gasteiger partial charge on any atom is 0.133 e. The van der Waals surface area contributed by atoms with E-state index in [1.807, 2.05) is 18.2 Å². The van der Waals surface area contributed by atoms with Crippen molar-refractivity contribution in [2.75, 3.05) is 0 Å². The Bertz CT molecular complexity index is 386. The zero-order chi connectivity index (χ0) is 9.10. The van der Waals surface area contributed by atoms with Gasteiger partial charge in [0.2, 0.25) is 0 Å². The number of hydrogen-bond acceptors (Lipinski definition) is 1. The maximum atomic E-state index is 12.2. The van der Waals surface area contributed by atoms with Crippen LogP contribution in [-0.4, -0.2) is 9.78 Å². The first-order chi connectivity index (χ1) is 6.40. The summed E-state index contributed by atoms with van der Waals surface area (Å²) < 4.78 is 13.8. The molecule has 2 nitrogen and oxygen atoms in total. The molecule has 75 valence electrons. The predicted octanol–water partition coefficient (Wildman–Crippen LogP) is 2.14. The molecule has 1 heterocycles. The van der Waals surface area contributed by atoms with Crippen LogP contribution < -0.4 is 0 Å². The molecule has 0 fully saturated rings. The van der Waals surface area contributed by atoms with E-state index in [1.54, 1.807) is 23.0 Å². The van der Waals surface area contributed by atoms with E-state index in [2.05, 4.69) is 11.2 Å². The van der Waals surface area contributed by atoms with Crippen LogP contribution in [0.3, 0.4) is 0 Å². The summed E-state index contributed by atoms with van der Waals surface area (Å²) in [6.45, 7) is -0.528. The number of halogens is 1. The molecule has 1 aromatic heterocycles. The summed E-state index contributed by atoms with van der Waals surface area (Å²) in [6, 6.07) is 12.1. The van der Waals surface area contributed by atoms with Crippen molar-refractivity contribution in [2.45, 2.75) is 6.67 Å². The molecule has 0 atom stereocenters. The van der Waals surface area contributed by atoms with E-state index in [4.69, 9.17) is 0 Å². The van der Waals surface area contributed by atoms with Gasteiger partial charge in [0.1, 0.15) is 6.67 Å². The van der Waals surface area contributed by atoms with Gasteiger partial charge in [0.15, 0.2) is 0 Å². The van der Waals surface area contributed by atoms with Crippen LogP contribution in [0.25, 0.3) is 5.69 Å². The van der Waals surface area contributed by atoms with Crippen LogP contribution in [0.2, 0.25) is 0 Å². The van der Waals surface area contributed by atoms with Crippen LogP contribution in [0.1, 0.15) is 5.69 Å². The van der Waals surface area contributed by atoms with Crippen LogP contribution in [0, 0.1) is 6.07 Å². The second kappa shape index (κ2) is 5.03. The summed E-state index contributed by atoms with van der Waals surface area (Å²) in [5.41, 5.74) is 1.26. The van der Waals surface area contributed by atoms with E-state index in [1.165, 1.54) is 0 Å². The third-order valence-electron chi connectivity index (χ3n) is 1.72. The minimum atomic E-state index is -0.528. The van der Waals surface area contributed by atoms with Crippen LogP contribution in [0.5, 0.6) is 0 Å². The monoisotopic (exact) mass is 368 g/mol. The minimum absolute atomic E-state index is 0. The number of nitrogens with zero attached hydrogens (tertiary/aromatic N) is 2. The van der Waals surface area contributed by atoms with Crippen molar-refractivity contribution >= 4 is 0 Å². The van der Waals surface area contributed by atoms with Crippen LogP contribution >= 0.6 is 0 Å². The fraction of sp³-hybridized carbons (Fsp3) is 0.100. The molecular formula is C10H8FIrN2-. The van der Waals surface area contributed by atoms with Crippen molar-refractivity contribution in [3.8, 4) is 5.69 Å². The number of benzene rings is 1. The summed E-state index contributed by atoms with van der Waals surface area (Å²) in [4.78, 5) is 0. The number of rotatable bonds is 2. The van der Waals surface area contributed by atoms with Crippen molar-refractivity contribution in [2.24, 2.45) is 0 Å². The molecule has 0 spiro atoms. The first-order valence-corrected chi connectivity index (χ1v) is 3.98. The van der Waals surface area contributed by atoms with Crippen LogP contribution in [0.4, 0.5) is 4.39 Å². The van der Waals surface area contributed by atoms with E-state index in [0.29, 0.717) is 5.69 Å². The third kappa shape index (κ3) is 2.28. The molecule has 4 heteroatoms. The van der Waals surface area contributed by atoms with Crippen LogP contribution in [0.15, 0.2) is 36.5 Å². The Kier molecular flexibility index (Phi) is 3.98. The third-order valence-corrected chi connectivity index (χ3v) is 1.72. The van der Waals surface area contributed by atoms with Gasteiger partial charge < -0.3 is 0 Å². The average Bonchev–Trinajstić information content (AvgIpc) is 2.67. The molecule has 0 aliphatic carbocycles. The Balaban J connectivity index is 0.000000980. The van der Waals surface area contributed by atoms with E-state index in [0.717, 1.165) is 5.69 Å². The van der Waals surface area contributed by atoms with Crippen molar-refractivity contribution in [1.82, 2.24) is 9.78 Å². The molecule has 1 aromatic carbocycles. The van der Waals surface area contributed by atoms with Crippen molar-refractivity contribution in [3.63, 3.8) is 0 Å². The Morgan fingerprint density at radius 1 is 1.36 bits per heavy atom. The first kappa shape index (κ1) is 11.1. The van der Waals surface area contributed by atoms with E-state index in [-0.39, 0.29) is 20.1 Å². The van der Waals surface area contributed by atoms with Gasteiger partial charge in [0.05, 0.1) is 5.69 Å². The van der Waals surface area contributed by atoms with Crippen molar-refractivity contribution < 1.29 is 24.5 Å². The quantitative estimate of drug-likeness (QED) is 0.744. The second-order valence-electron chi connectivity index (χ2n) is 2.63. The Hall–Kier alpha value is -0.991. The summed E-state index contributed by atoms with van der Waals surface area (Å²) in [7, 11) is 0. The van der Waals surface area contributed by atoms with Crippen molar-refractivity contribution in [1.29, 1.82) is 0 Å². The van der Waals surface area contributed by atoms with E-state index < -0.39 is 6.67 Å². The molecular weight excluding hydrogens is 359 g/mol. The molecule has 2 rings (SSSR count). The average molecular weight is 367 g/mol. The molecule has 0 unspecified atom stereocenters. The van der Waals surface area contributed by atoms with Gasteiger partial charge in [-0.2, -0.15) is 29.4 Å². The molecule has 14 heavy (non-hydrogen) atoms. The summed E-state index contributed by atoms with van der Waals surface area (Å²) in [5, 5.41) is 4.01. The predicted molar refractivity (Wildman–Crippen MR) is 47.2 cm³/mol. The topological polar surface area (TPSA) is 17.8 Å². The molecule has 0 aliphatic rings. The Labute approximate surface area is 95.1 Å². The van der Waals surface area contributed by atoms with E-state index >= 15 is 0 Å². The first-order valence-electron chi connectivity index (χ1n) is 3.98. The van der Waals surface area contributed by atoms with Gasteiger partial charge in [-0.25, -0.2) is 4.39 Å². The van der Waals surface area contributed by atoms with Crippen molar-refractivity contribution in [3.05, 3.63) is 48.3 Å². The largest absolute Gasteiger partial charge is 0.265 e. The maximum absolute atomic E-state index is 12.2. The Morgan fingerprint density at radius 3 is 2.79 bits per heavy atom. The van der Waals surface area contributed by atoms with Gasteiger partial charge in [-0.15, -0.1) is 6.07 Å². The standard InChI is InChI=1S/C10H8FN2.Ir/c11-8-9-6-7-13(12-9)10-4-2-1-3-5-10;/h1-4,6-7H,8H2;/q-1;. The molecule has 0 N–H and O–H groups in total. The van der Waals surface area contributed by atoms with E-state index in [9.17, 15) is 4.39 Å². The molecule has 0 amide bonds. The number of aromatic nitrogens is 2. The number of para-hydroxylation sites is 1. The van der Waals surface area contributed by atoms with Gasteiger partial charge in [-0.3, -0.25) is 4.68 Å². The van der Waals surface area contributed by atoms with Crippen LogP contribution in [-0.2, 0) is 26.8 Å².